The average molecular weight is 207 g/mol. The van der Waals surface area contributed by atoms with Gasteiger partial charge in [0.15, 0.2) is 12.0 Å². The molecule has 1 aromatic carbocycles. The largest absolute Gasteiger partial charge is 0.374 e. The van der Waals surface area contributed by atoms with E-state index in [0.717, 1.165) is 10.6 Å². The fourth-order valence-electron chi connectivity index (χ4n) is 1.64. The van der Waals surface area contributed by atoms with Gasteiger partial charge >= 0.3 is 0 Å². The highest BCUT2D eigenvalue weighted by Crippen LogP contribution is 2.25. The van der Waals surface area contributed by atoms with E-state index in [1.54, 1.807) is 6.07 Å². The highest BCUT2D eigenvalue weighted by atomic mass is 16.7. The van der Waals surface area contributed by atoms with Crippen LogP contribution in [0.3, 0.4) is 0 Å². The molecule has 0 fully saturated rings. The van der Waals surface area contributed by atoms with Crippen molar-refractivity contribution in [2.45, 2.75) is 26.0 Å². The molecule has 80 valence electrons. The number of benzene rings is 1. The van der Waals surface area contributed by atoms with Crippen molar-refractivity contribution in [3.05, 3.63) is 29.8 Å². The minimum absolute atomic E-state index is 0.292. The van der Waals surface area contributed by atoms with Crippen LogP contribution in [0.2, 0.25) is 0 Å². The fourth-order valence-corrected chi connectivity index (χ4v) is 1.64. The molecule has 2 rings (SSSR count). The Morgan fingerprint density at radius 3 is 3.00 bits per heavy atom. The first-order chi connectivity index (χ1) is 7.18. The molecule has 1 amide bonds. The smallest absolute Gasteiger partial charge is 0.254 e. The number of nitrogens with zero attached hydrogens (tertiary/aromatic N) is 1. The van der Waals surface area contributed by atoms with Crippen LogP contribution in [0.1, 0.15) is 18.9 Å². The first-order valence-electron chi connectivity index (χ1n) is 4.92. The molecule has 1 aromatic rings. The van der Waals surface area contributed by atoms with Crippen molar-refractivity contribution in [1.29, 1.82) is 0 Å². The van der Waals surface area contributed by atoms with Crippen LogP contribution in [0.4, 0.5) is 0 Å². The van der Waals surface area contributed by atoms with E-state index in [-0.39, 0.29) is 5.91 Å². The standard InChI is InChI=1S/C11H13NO3/c1-8(13)12-11(14)7-6-9-4-2-3-5-10(9)15-12/h2-5,11,14H,6-7H2,1H3/t11-/m1/s1. The van der Waals surface area contributed by atoms with Gasteiger partial charge in [-0.15, -0.1) is 5.06 Å². The van der Waals surface area contributed by atoms with Gasteiger partial charge in [-0.05, 0) is 24.5 Å². The number of rotatable bonds is 0. The van der Waals surface area contributed by atoms with Gasteiger partial charge in [0.25, 0.3) is 5.91 Å². The Hall–Kier alpha value is -1.55. The Morgan fingerprint density at radius 2 is 2.27 bits per heavy atom. The first kappa shape index (κ1) is 9.98. The molecule has 0 aromatic heterocycles. The number of hydrogen-bond donors (Lipinski definition) is 1. The summed E-state index contributed by atoms with van der Waals surface area (Å²) in [6.45, 7) is 1.37. The molecule has 15 heavy (non-hydrogen) atoms. The van der Waals surface area contributed by atoms with Gasteiger partial charge in [0.1, 0.15) is 0 Å². The second-order valence-electron chi connectivity index (χ2n) is 3.56. The Labute approximate surface area is 88.0 Å². The normalized spacial score (nSPS) is 20.1. The van der Waals surface area contributed by atoms with Crippen LogP contribution in [0.25, 0.3) is 0 Å². The zero-order valence-corrected chi connectivity index (χ0v) is 8.51. The van der Waals surface area contributed by atoms with E-state index >= 15 is 0 Å². The summed E-state index contributed by atoms with van der Waals surface area (Å²) in [6, 6.07) is 7.49. The maximum Gasteiger partial charge on any atom is 0.254 e. The van der Waals surface area contributed by atoms with Gasteiger partial charge in [-0.3, -0.25) is 4.79 Å². The Morgan fingerprint density at radius 1 is 1.53 bits per heavy atom. The lowest BCUT2D eigenvalue weighted by Crippen LogP contribution is -2.40. The van der Waals surface area contributed by atoms with Crippen molar-refractivity contribution >= 4 is 5.91 Å². The third kappa shape index (κ3) is 1.94. The van der Waals surface area contributed by atoms with Crippen LogP contribution in [-0.2, 0) is 11.2 Å². The molecule has 1 N–H and O–H groups in total. The lowest BCUT2D eigenvalue weighted by molar-refractivity contribution is -0.188. The molecular formula is C11H13NO3. The zero-order chi connectivity index (χ0) is 10.8. The van der Waals surface area contributed by atoms with Crippen LogP contribution in [0.15, 0.2) is 24.3 Å². The summed E-state index contributed by atoms with van der Waals surface area (Å²) in [4.78, 5) is 16.6. The molecule has 0 radical (unpaired) electrons. The van der Waals surface area contributed by atoms with E-state index in [9.17, 15) is 9.90 Å². The van der Waals surface area contributed by atoms with Gasteiger partial charge in [0, 0.05) is 6.92 Å². The van der Waals surface area contributed by atoms with Crippen molar-refractivity contribution < 1.29 is 14.7 Å². The average Bonchev–Trinajstić information content (AvgIpc) is 2.39. The van der Waals surface area contributed by atoms with Crippen LogP contribution < -0.4 is 4.84 Å². The zero-order valence-electron chi connectivity index (χ0n) is 8.51. The number of aliphatic hydroxyl groups excluding tert-OH is 1. The summed E-state index contributed by atoms with van der Waals surface area (Å²) >= 11 is 0. The summed E-state index contributed by atoms with van der Waals surface area (Å²) in [7, 11) is 0. The van der Waals surface area contributed by atoms with Gasteiger partial charge in [0.05, 0.1) is 0 Å². The van der Waals surface area contributed by atoms with E-state index in [0.29, 0.717) is 18.6 Å². The molecule has 1 heterocycles. The van der Waals surface area contributed by atoms with E-state index in [1.165, 1.54) is 6.92 Å². The highest BCUT2D eigenvalue weighted by Gasteiger charge is 2.25. The molecule has 4 nitrogen and oxygen atoms in total. The molecule has 1 aliphatic rings. The maximum absolute atomic E-state index is 11.2. The number of fused-ring (bicyclic) bond motifs is 1. The summed E-state index contributed by atoms with van der Waals surface area (Å²) in [5, 5.41) is 10.7. The lowest BCUT2D eigenvalue weighted by atomic mass is 10.1. The third-order valence-corrected chi connectivity index (χ3v) is 2.42. The SMILES string of the molecule is CC(=O)N1Oc2ccccc2CC[C@H]1O. The van der Waals surface area contributed by atoms with Crippen LogP contribution in [-0.4, -0.2) is 22.3 Å². The molecule has 4 heteroatoms. The van der Waals surface area contributed by atoms with Crippen LogP contribution in [0.5, 0.6) is 5.75 Å². The quantitative estimate of drug-likeness (QED) is 0.693. The van der Waals surface area contributed by atoms with Crippen molar-refractivity contribution in [2.24, 2.45) is 0 Å². The first-order valence-corrected chi connectivity index (χ1v) is 4.92. The lowest BCUT2D eigenvalue weighted by Gasteiger charge is -2.23. The van der Waals surface area contributed by atoms with Gasteiger partial charge in [-0.2, -0.15) is 0 Å². The second-order valence-corrected chi connectivity index (χ2v) is 3.56. The topological polar surface area (TPSA) is 49.8 Å². The van der Waals surface area contributed by atoms with Crippen molar-refractivity contribution in [2.75, 3.05) is 0 Å². The summed E-state index contributed by atoms with van der Waals surface area (Å²) in [5.41, 5.74) is 1.01. The fraction of sp³-hybridized carbons (Fsp3) is 0.364. The number of para-hydroxylation sites is 1. The molecular weight excluding hydrogens is 194 g/mol. The summed E-state index contributed by atoms with van der Waals surface area (Å²) < 4.78 is 0. The van der Waals surface area contributed by atoms with Gasteiger partial charge < -0.3 is 9.94 Å². The molecule has 0 aliphatic carbocycles. The van der Waals surface area contributed by atoms with E-state index in [1.807, 2.05) is 18.2 Å². The summed E-state index contributed by atoms with van der Waals surface area (Å²) in [5.74, 6) is 0.350. The maximum atomic E-state index is 11.2. The predicted octanol–water partition coefficient (Wildman–Crippen LogP) is 1.09. The minimum Gasteiger partial charge on any atom is -0.374 e. The Kier molecular flexibility index (Phi) is 2.60. The van der Waals surface area contributed by atoms with Crippen LogP contribution in [0, 0.1) is 0 Å². The number of hydroxylamine groups is 2. The van der Waals surface area contributed by atoms with Gasteiger partial charge in [0.2, 0.25) is 0 Å². The Bertz CT molecular complexity index is 378. The Balaban J connectivity index is 2.31. The second kappa shape index (κ2) is 3.90. The monoisotopic (exact) mass is 207 g/mol. The number of aryl methyl sites for hydroxylation is 1. The molecule has 0 unspecified atom stereocenters. The van der Waals surface area contributed by atoms with E-state index < -0.39 is 6.23 Å². The van der Waals surface area contributed by atoms with E-state index in [4.69, 9.17) is 4.84 Å². The van der Waals surface area contributed by atoms with Crippen molar-refractivity contribution in [1.82, 2.24) is 5.06 Å². The molecule has 1 aliphatic heterocycles. The molecule has 0 bridgehead atoms. The minimum atomic E-state index is -0.866. The number of hydrogen-bond acceptors (Lipinski definition) is 3. The molecule has 0 saturated heterocycles. The van der Waals surface area contributed by atoms with Crippen LogP contribution >= 0.6 is 0 Å². The number of carbonyl (C=O) groups is 1. The highest BCUT2D eigenvalue weighted by molar-refractivity contribution is 5.72. The third-order valence-electron chi connectivity index (χ3n) is 2.42. The number of aliphatic hydroxyl groups is 1. The van der Waals surface area contributed by atoms with Crippen molar-refractivity contribution in [3.63, 3.8) is 0 Å². The molecule has 1 atom stereocenters. The van der Waals surface area contributed by atoms with Gasteiger partial charge in [-0.1, -0.05) is 18.2 Å². The molecule has 0 saturated carbocycles. The number of amides is 1. The predicted molar refractivity (Wildman–Crippen MR) is 53.9 cm³/mol. The summed E-state index contributed by atoms with van der Waals surface area (Å²) in [6.07, 6.45) is 0.340. The molecule has 0 spiro atoms. The van der Waals surface area contributed by atoms with E-state index in [2.05, 4.69) is 0 Å². The van der Waals surface area contributed by atoms with Gasteiger partial charge in [-0.25, -0.2) is 0 Å². The number of carbonyl (C=O) groups excluding carboxylic acids is 1. The van der Waals surface area contributed by atoms with Crippen molar-refractivity contribution in [3.8, 4) is 5.75 Å².